The maximum atomic E-state index is 13.5. The number of anilines is 1. The van der Waals surface area contributed by atoms with E-state index in [9.17, 15) is 23.3 Å². The minimum absolute atomic E-state index is 0.0228. The minimum Gasteiger partial charge on any atom is -0.384 e. The molecule has 0 spiro atoms. The van der Waals surface area contributed by atoms with Crippen LogP contribution in [0.5, 0.6) is 0 Å². The van der Waals surface area contributed by atoms with Gasteiger partial charge in [0, 0.05) is 24.5 Å². The Hall–Kier alpha value is -3.23. The van der Waals surface area contributed by atoms with Gasteiger partial charge in [0.15, 0.2) is 0 Å². The maximum absolute atomic E-state index is 13.5. The van der Waals surface area contributed by atoms with Crippen molar-refractivity contribution >= 4 is 17.6 Å². The van der Waals surface area contributed by atoms with Crippen molar-refractivity contribution in [3.63, 3.8) is 0 Å². The highest BCUT2D eigenvalue weighted by molar-refractivity contribution is 5.75. The lowest BCUT2D eigenvalue weighted by molar-refractivity contribution is -0.385. The van der Waals surface area contributed by atoms with E-state index in [1.165, 1.54) is 24.3 Å². The molecule has 1 unspecified atom stereocenters. The van der Waals surface area contributed by atoms with Gasteiger partial charge in [-0.25, -0.2) is 0 Å². The molecule has 1 aromatic heterocycles. The molecule has 1 aromatic carbocycles. The Morgan fingerprint density at radius 2 is 2.03 bits per heavy atom. The van der Waals surface area contributed by atoms with Crippen LogP contribution in [0.3, 0.4) is 0 Å². The van der Waals surface area contributed by atoms with E-state index < -0.39 is 22.2 Å². The number of alkyl halides is 3. The van der Waals surface area contributed by atoms with Gasteiger partial charge >= 0.3 is 6.18 Å². The van der Waals surface area contributed by atoms with Crippen LogP contribution in [0.4, 0.5) is 24.5 Å². The van der Waals surface area contributed by atoms with Gasteiger partial charge in [-0.2, -0.15) is 13.2 Å². The van der Waals surface area contributed by atoms with Gasteiger partial charge in [0.1, 0.15) is 11.7 Å². The average molecular weight is 404 g/mol. The second-order valence-corrected chi connectivity index (χ2v) is 6.59. The van der Waals surface area contributed by atoms with E-state index in [0.717, 1.165) is 6.20 Å². The van der Waals surface area contributed by atoms with Crippen molar-refractivity contribution in [3.05, 3.63) is 75.6 Å². The van der Waals surface area contributed by atoms with Gasteiger partial charge in [0.05, 0.1) is 16.2 Å². The molecule has 0 saturated heterocycles. The van der Waals surface area contributed by atoms with Crippen molar-refractivity contribution in [2.24, 2.45) is 4.99 Å². The predicted octanol–water partition coefficient (Wildman–Crippen LogP) is 4.91. The molecule has 0 amide bonds. The third-order valence-corrected chi connectivity index (χ3v) is 4.80. The largest absolute Gasteiger partial charge is 0.418 e. The highest BCUT2D eigenvalue weighted by atomic mass is 19.4. The molecule has 0 bridgehead atoms. The lowest BCUT2D eigenvalue weighted by Gasteiger charge is -2.25. The molecular formula is C20H19F3N4O2. The third kappa shape index (κ3) is 4.28. The normalized spacial score (nSPS) is 18.2. The first kappa shape index (κ1) is 20.5. The van der Waals surface area contributed by atoms with Crippen LogP contribution in [0.25, 0.3) is 0 Å². The molecule has 6 nitrogen and oxygen atoms in total. The molecule has 0 saturated carbocycles. The van der Waals surface area contributed by atoms with Gasteiger partial charge in [0.25, 0.3) is 5.69 Å². The molecule has 1 N–H and O–H groups in total. The van der Waals surface area contributed by atoms with E-state index in [1.807, 2.05) is 0 Å². The number of rotatable bonds is 7. The van der Waals surface area contributed by atoms with Crippen LogP contribution in [0.1, 0.15) is 30.2 Å². The first-order valence-electron chi connectivity index (χ1n) is 9.04. The van der Waals surface area contributed by atoms with Crippen molar-refractivity contribution in [1.82, 2.24) is 4.98 Å². The van der Waals surface area contributed by atoms with Crippen LogP contribution in [0.15, 0.2) is 53.7 Å². The summed E-state index contributed by atoms with van der Waals surface area (Å²) in [5.41, 5.74) is -0.923. The van der Waals surface area contributed by atoms with E-state index in [2.05, 4.69) is 15.3 Å². The Kier molecular flexibility index (Phi) is 5.67. The lowest BCUT2D eigenvalue weighted by atomic mass is 9.91. The van der Waals surface area contributed by atoms with Gasteiger partial charge in [-0.1, -0.05) is 19.1 Å². The lowest BCUT2D eigenvalue weighted by Crippen LogP contribution is -2.25. The number of hydrogen-bond acceptors (Lipinski definition) is 5. The second-order valence-electron chi connectivity index (χ2n) is 6.59. The number of hydrogen-bond donors (Lipinski definition) is 1. The number of aliphatic imine (C=N–C) groups is 1. The number of nitrogens with one attached hydrogen (secondary N) is 1. The zero-order valence-electron chi connectivity index (χ0n) is 15.6. The van der Waals surface area contributed by atoms with Crippen molar-refractivity contribution in [2.45, 2.75) is 31.5 Å². The molecule has 0 radical (unpaired) electrons. The summed E-state index contributed by atoms with van der Waals surface area (Å²) in [5, 5.41) is 13.7. The summed E-state index contributed by atoms with van der Waals surface area (Å²) in [4.78, 5) is 18.9. The van der Waals surface area contributed by atoms with Crippen LogP contribution in [-0.4, -0.2) is 22.7 Å². The van der Waals surface area contributed by atoms with E-state index in [1.54, 1.807) is 31.4 Å². The summed E-state index contributed by atoms with van der Waals surface area (Å²) in [6, 6.07) is 7.33. The van der Waals surface area contributed by atoms with Crippen molar-refractivity contribution < 1.29 is 18.1 Å². The molecule has 2 heterocycles. The van der Waals surface area contributed by atoms with Crippen LogP contribution in [0.2, 0.25) is 0 Å². The summed E-state index contributed by atoms with van der Waals surface area (Å²) < 4.78 is 40.6. The first-order chi connectivity index (χ1) is 13.8. The quantitative estimate of drug-likeness (QED) is 0.525. The third-order valence-electron chi connectivity index (χ3n) is 4.80. The standard InChI is InChI=1S/C20H19F3N4O2/c1-2-14-5-3-6-16(18(14)20(21,22)23)24-12-10-19(9-4-11-26-19)17-8-7-15(13-25-17)27(28)29/h3-9,11,13,24H,2,10,12H2,1H3. The summed E-state index contributed by atoms with van der Waals surface area (Å²) in [6.07, 6.45) is 2.39. The summed E-state index contributed by atoms with van der Waals surface area (Å²) in [6.45, 7) is 1.89. The Morgan fingerprint density at radius 1 is 1.24 bits per heavy atom. The predicted molar refractivity (Wildman–Crippen MR) is 104 cm³/mol. The number of allylic oxidation sites excluding steroid dienone is 1. The SMILES string of the molecule is CCc1cccc(NCCC2(c3ccc([N+](=O)[O-])cn3)C=CC=N2)c1C(F)(F)F. The zero-order valence-corrected chi connectivity index (χ0v) is 15.6. The smallest absolute Gasteiger partial charge is 0.384 e. The molecular weight excluding hydrogens is 385 g/mol. The van der Waals surface area contributed by atoms with Crippen molar-refractivity contribution in [2.75, 3.05) is 11.9 Å². The zero-order chi connectivity index (χ0) is 21.1. The molecule has 1 aliphatic rings. The second kappa shape index (κ2) is 8.02. The molecule has 2 aromatic rings. The number of halogens is 3. The molecule has 3 rings (SSSR count). The fourth-order valence-electron chi connectivity index (χ4n) is 3.36. The maximum Gasteiger partial charge on any atom is 0.418 e. The Bertz CT molecular complexity index is 941. The van der Waals surface area contributed by atoms with Crippen LogP contribution < -0.4 is 5.32 Å². The number of aromatic nitrogens is 1. The first-order valence-corrected chi connectivity index (χ1v) is 9.04. The highest BCUT2D eigenvalue weighted by Crippen LogP contribution is 2.38. The Labute approximate surface area is 165 Å². The Balaban J connectivity index is 1.81. The topological polar surface area (TPSA) is 80.4 Å². The summed E-state index contributed by atoms with van der Waals surface area (Å²) in [5.74, 6) is 0. The number of pyridine rings is 1. The molecule has 9 heteroatoms. The molecule has 1 atom stereocenters. The summed E-state index contributed by atoms with van der Waals surface area (Å²) in [7, 11) is 0. The molecule has 29 heavy (non-hydrogen) atoms. The van der Waals surface area contributed by atoms with E-state index in [-0.39, 0.29) is 29.9 Å². The van der Waals surface area contributed by atoms with Gasteiger partial charge in [-0.3, -0.25) is 20.1 Å². The molecule has 1 aliphatic heterocycles. The monoisotopic (exact) mass is 404 g/mol. The average Bonchev–Trinajstić information content (AvgIpc) is 3.17. The van der Waals surface area contributed by atoms with E-state index in [4.69, 9.17) is 0 Å². The Morgan fingerprint density at radius 3 is 2.59 bits per heavy atom. The van der Waals surface area contributed by atoms with Gasteiger partial charge < -0.3 is 5.32 Å². The van der Waals surface area contributed by atoms with Gasteiger partial charge in [0.2, 0.25) is 0 Å². The van der Waals surface area contributed by atoms with Crippen LogP contribution in [0, 0.1) is 10.1 Å². The molecule has 0 aliphatic carbocycles. The number of nitrogens with zero attached hydrogens (tertiary/aromatic N) is 3. The number of aryl methyl sites for hydroxylation is 1. The minimum atomic E-state index is -4.46. The summed E-state index contributed by atoms with van der Waals surface area (Å²) >= 11 is 0. The van der Waals surface area contributed by atoms with Crippen molar-refractivity contribution in [3.8, 4) is 0 Å². The van der Waals surface area contributed by atoms with Gasteiger partial charge in [-0.05, 0) is 42.7 Å². The van der Waals surface area contributed by atoms with E-state index >= 15 is 0 Å². The highest BCUT2D eigenvalue weighted by Gasteiger charge is 2.36. The number of benzene rings is 1. The van der Waals surface area contributed by atoms with Crippen LogP contribution in [-0.2, 0) is 18.1 Å². The number of nitro groups is 1. The van der Waals surface area contributed by atoms with Crippen molar-refractivity contribution in [1.29, 1.82) is 0 Å². The molecule has 152 valence electrons. The van der Waals surface area contributed by atoms with Gasteiger partial charge in [-0.15, -0.1) is 0 Å². The molecule has 0 fully saturated rings. The van der Waals surface area contributed by atoms with Crippen LogP contribution >= 0.6 is 0 Å². The fraction of sp³-hybridized carbons (Fsp3) is 0.300. The fourth-order valence-corrected chi connectivity index (χ4v) is 3.36. The van der Waals surface area contributed by atoms with E-state index in [0.29, 0.717) is 12.1 Å².